The zero-order valence-corrected chi connectivity index (χ0v) is 10.7. The molecular weight excluding hydrogens is 230 g/mol. The van der Waals surface area contributed by atoms with E-state index in [-0.39, 0.29) is 18.1 Å². The van der Waals surface area contributed by atoms with E-state index in [9.17, 15) is 4.79 Å². The molecule has 0 radical (unpaired) electrons. The van der Waals surface area contributed by atoms with E-state index in [1.165, 1.54) is 0 Å². The number of ether oxygens (including phenoxy) is 1. The minimum Gasteiger partial charge on any atom is -0.461 e. The first-order valence-corrected chi connectivity index (χ1v) is 6.67. The highest BCUT2D eigenvalue weighted by Crippen LogP contribution is 2.28. The second-order valence-corrected chi connectivity index (χ2v) is 5.26. The quantitative estimate of drug-likeness (QED) is 0.751. The highest BCUT2D eigenvalue weighted by atomic mass is 16.6. The van der Waals surface area contributed by atoms with Crippen LogP contribution in [-0.2, 0) is 16.1 Å². The standard InChI is InChI=1S/C13H19N3O2/c1-10-8-12(13(17)18-10)16-7-2-4-11(16)9-15-6-3-5-14-15/h3,5-6,10-12H,2,4,7-9H2,1H3/t10-,11+,12+/m1/s1. The Hall–Kier alpha value is -1.36. The molecule has 0 spiro atoms. The van der Waals surface area contributed by atoms with Gasteiger partial charge in [-0.25, -0.2) is 0 Å². The van der Waals surface area contributed by atoms with Gasteiger partial charge in [0.1, 0.15) is 12.1 Å². The van der Waals surface area contributed by atoms with Gasteiger partial charge in [0, 0.05) is 24.9 Å². The molecule has 0 N–H and O–H groups in total. The number of rotatable bonds is 3. The van der Waals surface area contributed by atoms with Crippen molar-refractivity contribution < 1.29 is 9.53 Å². The highest BCUT2D eigenvalue weighted by Gasteiger charge is 2.41. The summed E-state index contributed by atoms with van der Waals surface area (Å²) < 4.78 is 7.22. The summed E-state index contributed by atoms with van der Waals surface area (Å²) in [6.45, 7) is 3.83. The van der Waals surface area contributed by atoms with Crippen LogP contribution in [0.15, 0.2) is 18.5 Å². The van der Waals surface area contributed by atoms with E-state index >= 15 is 0 Å². The fourth-order valence-electron chi connectivity index (χ4n) is 3.10. The molecule has 5 heteroatoms. The van der Waals surface area contributed by atoms with Crippen LogP contribution in [0, 0.1) is 0 Å². The van der Waals surface area contributed by atoms with Crippen LogP contribution < -0.4 is 0 Å². The van der Waals surface area contributed by atoms with E-state index in [0.717, 1.165) is 32.4 Å². The number of cyclic esters (lactones) is 1. The second kappa shape index (κ2) is 4.72. The van der Waals surface area contributed by atoms with E-state index in [2.05, 4.69) is 10.00 Å². The molecule has 18 heavy (non-hydrogen) atoms. The molecule has 0 aliphatic carbocycles. The van der Waals surface area contributed by atoms with Gasteiger partial charge in [-0.1, -0.05) is 0 Å². The Morgan fingerprint density at radius 1 is 1.56 bits per heavy atom. The second-order valence-electron chi connectivity index (χ2n) is 5.26. The fourth-order valence-corrected chi connectivity index (χ4v) is 3.10. The van der Waals surface area contributed by atoms with Gasteiger partial charge in [0.15, 0.2) is 0 Å². The first kappa shape index (κ1) is 11.7. The summed E-state index contributed by atoms with van der Waals surface area (Å²) in [6.07, 6.45) is 6.96. The Morgan fingerprint density at radius 3 is 3.11 bits per heavy atom. The maximum absolute atomic E-state index is 11.8. The van der Waals surface area contributed by atoms with Crippen LogP contribution in [0.2, 0.25) is 0 Å². The number of hydrogen-bond donors (Lipinski definition) is 0. The molecule has 0 saturated carbocycles. The van der Waals surface area contributed by atoms with Crippen molar-refractivity contribution in [2.45, 2.75) is 50.9 Å². The normalized spacial score (nSPS) is 32.9. The lowest BCUT2D eigenvalue weighted by atomic mass is 10.1. The topological polar surface area (TPSA) is 47.4 Å². The molecule has 5 nitrogen and oxygen atoms in total. The Morgan fingerprint density at radius 2 is 2.44 bits per heavy atom. The zero-order chi connectivity index (χ0) is 12.5. The van der Waals surface area contributed by atoms with Crippen molar-refractivity contribution in [3.63, 3.8) is 0 Å². The van der Waals surface area contributed by atoms with Crippen LogP contribution in [0.1, 0.15) is 26.2 Å². The molecule has 2 fully saturated rings. The van der Waals surface area contributed by atoms with E-state index in [1.54, 1.807) is 6.20 Å². The maximum atomic E-state index is 11.8. The number of carbonyl (C=O) groups excluding carboxylic acids is 1. The molecule has 2 aliphatic rings. The van der Waals surface area contributed by atoms with Crippen molar-refractivity contribution in [3.8, 4) is 0 Å². The molecule has 3 heterocycles. The highest BCUT2D eigenvalue weighted by molar-refractivity contribution is 5.78. The number of esters is 1. The van der Waals surface area contributed by atoms with E-state index in [0.29, 0.717) is 6.04 Å². The van der Waals surface area contributed by atoms with Gasteiger partial charge in [0.05, 0.1) is 6.54 Å². The molecule has 1 aromatic rings. The molecule has 0 bridgehead atoms. The third kappa shape index (κ3) is 2.14. The Bertz CT molecular complexity index is 418. The fraction of sp³-hybridized carbons (Fsp3) is 0.692. The van der Waals surface area contributed by atoms with Crippen molar-refractivity contribution in [1.29, 1.82) is 0 Å². The van der Waals surface area contributed by atoms with Gasteiger partial charge in [0.25, 0.3) is 0 Å². The van der Waals surface area contributed by atoms with Crippen molar-refractivity contribution in [2.75, 3.05) is 6.54 Å². The number of nitrogens with zero attached hydrogens (tertiary/aromatic N) is 3. The zero-order valence-electron chi connectivity index (χ0n) is 10.7. The molecule has 1 aromatic heterocycles. The van der Waals surface area contributed by atoms with Crippen LogP contribution in [0.4, 0.5) is 0 Å². The van der Waals surface area contributed by atoms with Gasteiger partial charge in [0.2, 0.25) is 0 Å². The summed E-state index contributed by atoms with van der Waals surface area (Å²) in [7, 11) is 0. The van der Waals surface area contributed by atoms with Crippen molar-refractivity contribution >= 4 is 5.97 Å². The van der Waals surface area contributed by atoms with Crippen LogP contribution >= 0.6 is 0 Å². The van der Waals surface area contributed by atoms with Gasteiger partial charge in [-0.2, -0.15) is 5.10 Å². The van der Waals surface area contributed by atoms with Crippen LogP contribution in [0.3, 0.4) is 0 Å². The monoisotopic (exact) mass is 249 g/mol. The lowest BCUT2D eigenvalue weighted by molar-refractivity contribution is -0.145. The average Bonchev–Trinajstić information content (AvgIpc) is 3.02. The van der Waals surface area contributed by atoms with E-state index in [4.69, 9.17) is 4.74 Å². The Kier molecular flexibility index (Phi) is 3.07. The molecule has 0 unspecified atom stereocenters. The summed E-state index contributed by atoms with van der Waals surface area (Å²) in [4.78, 5) is 14.1. The third-order valence-corrected chi connectivity index (χ3v) is 3.92. The van der Waals surface area contributed by atoms with Gasteiger partial charge in [-0.3, -0.25) is 14.4 Å². The van der Waals surface area contributed by atoms with Crippen molar-refractivity contribution in [2.24, 2.45) is 0 Å². The number of hydrogen-bond acceptors (Lipinski definition) is 4. The Balaban J connectivity index is 1.69. The SMILES string of the molecule is C[C@@H]1C[C@H](N2CCC[C@H]2Cn2cccn2)C(=O)O1. The first-order valence-electron chi connectivity index (χ1n) is 6.67. The molecule has 2 saturated heterocycles. The lowest BCUT2D eigenvalue weighted by Crippen LogP contribution is -2.43. The van der Waals surface area contributed by atoms with Gasteiger partial charge in [-0.05, 0) is 32.4 Å². The minimum atomic E-state index is -0.0464. The van der Waals surface area contributed by atoms with Crippen LogP contribution in [-0.4, -0.2) is 45.4 Å². The predicted molar refractivity (Wildman–Crippen MR) is 65.9 cm³/mol. The Labute approximate surface area is 107 Å². The summed E-state index contributed by atoms with van der Waals surface area (Å²) in [5.41, 5.74) is 0. The van der Waals surface area contributed by atoms with E-state index < -0.39 is 0 Å². The summed E-state index contributed by atoms with van der Waals surface area (Å²) in [5, 5.41) is 4.25. The van der Waals surface area contributed by atoms with Gasteiger partial charge in [-0.15, -0.1) is 0 Å². The number of likely N-dealkylation sites (tertiary alicyclic amines) is 1. The molecule has 98 valence electrons. The number of carbonyl (C=O) groups is 1. The van der Waals surface area contributed by atoms with Crippen molar-refractivity contribution in [3.05, 3.63) is 18.5 Å². The average molecular weight is 249 g/mol. The largest absolute Gasteiger partial charge is 0.461 e. The van der Waals surface area contributed by atoms with Gasteiger partial charge >= 0.3 is 5.97 Å². The predicted octanol–water partition coefficient (Wildman–Crippen LogP) is 1.05. The maximum Gasteiger partial charge on any atom is 0.323 e. The van der Waals surface area contributed by atoms with E-state index in [1.807, 2.05) is 23.9 Å². The van der Waals surface area contributed by atoms with Gasteiger partial charge < -0.3 is 4.74 Å². The molecule has 2 aliphatic heterocycles. The smallest absolute Gasteiger partial charge is 0.323 e. The number of aromatic nitrogens is 2. The summed E-state index contributed by atoms with van der Waals surface area (Å²) in [6, 6.07) is 2.31. The minimum absolute atomic E-state index is 0.0388. The molecule has 3 rings (SSSR count). The molecule has 3 atom stereocenters. The molecule has 0 aromatic carbocycles. The van der Waals surface area contributed by atoms with Crippen LogP contribution in [0.5, 0.6) is 0 Å². The summed E-state index contributed by atoms with van der Waals surface area (Å²) >= 11 is 0. The first-order chi connectivity index (χ1) is 8.74. The lowest BCUT2D eigenvalue weighted by Gasteiger charge is -2.27. The molecular formula is C13H19N3O2. The molecule has 0 amide bonds. The van der Waals surface area contributed by atoms with Crippen LogP contribution in [0.25, 0.3) is 0 Å². The van der Waals surface area contributed by atoms with Crippen molar-refractivity contribution in [1.82, 2.24) is 14.7 Å². The summed E-state index contributed by atoms with van der Waals surface area (Å²) in [5.74, 6) is -0.0464. The third-order valence-electron chi connectivity index (χ3n) is 3.92.